The first-order chi connectivity index (χ1) is 9.79. The molecule has 2 aromatic carbocycles. The fraction of sp³-hybridized carbons (Fsp3) is 0.278. The summed E-state index contributed by atoms with van der Waals surface area (Å²) < 4.78 is 0. The Labute approximate surface area is 126 Å². The molecule has 2 aromatic rings. The highest BCUT2D eigenvalue weighted by Gasteiger charge is 2.16. The number of amides is 1. The molecule has 0 aliphatic carbocycles. The number of rotatable bonds is 2. The van der Waals surface area contributed by atoms with Crippen molar-refractivity contribution in [2.24, 2.45) is 0 Å². The van der Waals surface area contributed by atoms with Crippen molar-refractivity contribution >= 4 is 17.3 Å². The number of nitrogens with zero attached hydrogens (tertiary/aromatic N) is 1. The zero-order valence-electron chi connectivity index (χ0n) is 13.1. The Kier molecular flexibility index (Phi) is 4.03. The summed E-state index contributed by atoms with van der Waals surface area (Å²) in [6, 6.07) is 15.1. The second-order valence-electron chi connectivity index (χ2n) is 6.28. The molecule has 0 atom stereocenters. The van der Waals surface area contributed by atoms with Crippen LogP contribution in [0.2, 0.25) is 0 Å². The van der Waals surface area contributed by atoms with Crippen LogP contribution in [0.5, 0.6) is 0 Å². The number of hydrogen-bond donors (Lipinski definition) is 1. The lowest BCUT2D eigenvalue weighted by molar-refractivity contribution is 0.0993. The molecule has 3 heteroatoms. The van der Waals surface area contributed by atoms with Crippen molar-refractivity contribution in [2.45, 2.75) is 26.2 Å². The topological polar surface area (TPSA) is 46.3 Å². The average Bonchev–Trinajstić information content (AvgIpc) is 2.46. The molecule has 0 aliphatic heterocycles. The molecule has 0 bridgehead atoms. The SMILES string of the molecule is CN(C(=O)c1ccc(C(C)(C)C)cc1)c1ccc(N)cc1. The van der Waals surface area contributed by atoms with Gasteiger partial charge in [-0.15, -0.1) is 0 Å². The van der Waals surface area contributed by atoms with E-state index in [1.165, 1.54) is 5.56 Å². The van der Waals surface area contributed by atoms with Gasteiger partial charge in [0.1, 0.15) is 0 Å². The van der Waals surface area contributed by atoms with E-state index in [2.05, 4.69) is 20.8 Å². The highest BCUT2D eigenvalue weighted by atomic mass is 16.2. The molecular weight excluding hydrogens is 260 g/mol. The number of carbonyl (C=O) groups is 1. The van der Waals surface area contributed by atoms with Crippen LogP contribution in [0, 0.1) is 0 Å². The van der Waals surface area contributed by atoms with Crippen molar-refractivity contribution in [2.75, 3.05) is 17.7 Å². The number of anilines is 2. The van der Waals surface area contributed by atoms with E-state index in [4.69, 9.17) is 5.73 Å². The first-order valence-electron chi connectivity index (χ1n) is 7.03. The number of benzene rings is 2. The summed E-state index contributed by atoms with van der Waals surface area (Å²) >= 11 is 0. The molecule has 0 fully saturated rings. The minimum atomic E-state index is -0.0276. The first kappa shape index (κ1) is 15.1. The predicted molar refractivity (Wildman–Crippen MR) is 88.7 cm³/mol. The van der Waals surface area contributed by atoms with Crippen molar-refractivity contribution in [1.29, 1.82) is 0 Å². The Morgan fingerprint density at radius 1 is 0.952 bits per heavy atom. The fourth-order valence-corrected chi connectivity index (χ4v) is 2.12. The van der Waals surface area contributed by atoms with Gasteiger partial charge in [-0.2, -0.15) is 0 Å². The Bertz CT molecular complexity index is 622. The normalized spacial score (nSPS) is 11.2. The van der Waals surface area contributed by atoms with Crippen molar-refractivity contribution < 1.29 is 4.79 Å². The molecule has 0 aliphatic rings. The maximum atomic E-state index is 12.5. The Morgan fingerprint density at radius 3 is 1.95 bits per heavy atom. The molecule has 2 rings (SSSR count). The van der Waals surface area contributed by atoms with Crippen LogP contribution in [0.1, 0.15) is 36.7 Å². The van der Waals surface area contributed by atoms with E-state index in [1.807, 2.05) is 36.4 Å². The monoisotopic (exact) mass is 282 g/mol. The third kappa shape index (κ3) is 3.43. The van der Waals surface area contributed by atoms with Gasteiger partial charge in [0.2, 0.25) is 0 Å². The summed E-state index contributed by atoms with van der Waals surface area (Å²) in [6.07, 6.45) is 0. The van der Waals surface area contributed by atoms with E-state index < -0.39 is 0 Å². The molecule has 0 spiro atoms. The highest BCUT2D eigenvalue weighted by Crippen LogP contribution is 2.23. The molecule has 0 saturated carbocycles. The molecule has 2 N–H and O–H groups in total. The summed E-state index contributed by atoms with van der Waals surface area (Å²) in [5.74, 6) is -0.0276. The second-order valence-corrected chi connectivity index (χ2v) is 6.28. The van der Waals surface area contributed by atoms with Crippen LogP contribution in [-0.2, 0) is 5.41 Å². The summed E-state index contributed by atoms with van der Waals surface area (Å²) in [4.78, 5) is 14.1. The van der Waals surface area contributed by atoms with Gasteiger partial charge < -0.3 is 10.6 Å². The van der Waals surface area contributed by atoms with E-state index in [0.29, 0.717) is 11.3 Å². The predicted octanol–water partition coefficient (Wildman–Crippen LogP) is 3.84. The largest absolute Gasteiger partial charge is 0.399 e. The van der Waals surface area contributed by atoms with Crippen LogP contribution in [0.25, 0.3) is 0 Å². The van der Waals surface area contributed by atoms with Crippen LogP contribution in [0.15, 0.2) is 48.5 Å². The lowest BCUT2D eigenvalue weighted by atomic mass is 9.86. The van der Waals surface area contributed by atoms with Crippen LogP contribution >= 0.6 is 0 Å². The van der Waals surface area contributed by atoms with Gasteiger partial charge in [-0.05, 0) is 47.4 Å². The summed E-state index contributed by atoms with van der Waals surface area (Å²) in [5, 5.41) is 0. The minimum absolute atomic E-state index is 0.0276. The molecule has 0 radical (unpaired) electrons. The van der Waals surface area contributed by atoms with Gasteiger partial charge in [-0.3, -0.25) is 4.79 Å². The van der Waals surface area contributed by atoms with Crippen molar-refractivity contribution in [3.8, 4) is 0 Å². The Morgan fingerprint density at radius 2 is 1.48 bits per heavy atom. The molecule has 0 heterocycles. The molecule has 1 amide bonds. The van der Waals surface area contributed by atoms with Crippen LogP contribution in [0.4, 0.5) is 11.4 Å². The third-order valence-electron chi connectivity index (χ3n) is 3.58. The Balaban J connectivity index is 2.21. The zero-order chi connectivity index (χ0) is 15.6. The van der Waals surface area contributed by atoms with E-state index in [1.54, 1.807) is 24.1 Å². The standard InChI is InChI=1S/C18H22N2O/c1-18(2,3)14-7-5-13(6-8-14)17(21)20(4)16-11-9-15(19)10-12-16/h5-12H,19H2,1-4H3. The maximum absolute atomic E-state index is 12.5. The molecule has 110 valence electrons. The maximum Gasteiger partial charge on any atom is 0.258 e. The van der Waals surface area contributed by atoms with Gasteiger partial charge in [0, 0.05) is 24.0 Å². The summed E-state index contributed by atoms with van der Waals surface area (Å²) in [7, 11) is 1.77. The molecule has 0 saturated heterocycles. The van der Waals surface area contributed by atoms with Gasteiger partial charge >= 0.3 is 0 Å². The fourth-order valence-electron chi connectivity index (χ4n) is 2.12. The quantitative estimate of drug-likeness (QED) is 0.851. The number of hydrogen-bond acceptors (Lipinski definition) is 2. The average molecular weight is 282 g/mol. The molecule has 21 heavy (non-hydrogen) atoms. The second kappa shape index (κ2) is 5.60. The zero-order valence-corrected chi connectivity index (χ0v) is 13.1. The number of nitrogen functional groups attached to an aromatic ring is 1. The molecule has 3 nitrogen and oxygen atoms in total. The molecule has 0 unspecified atom stereocenters. The number of carbonyl (C=O) groups excluding carboxylic acids is 1. The molecular formula is C18H22N2O. The van der Waals surface area contributed by atoms with Gasteiger partial charge in [-0.25, -0.2) is 0 Å². The smallest absolute Gasteiger partial charge is 0.258 e. The van der Waals surface area contributed by atoms with Gasteiger partial charge in [-0.1, -0.05) is 32.9 Å². The van der Waals surface area contributed by atoms with Gasteiger partial charge in [0.15, 0.2) is 0 Å². The lowest BCUT2D eigenvalue weighted by Crippen LogP contribution is -2.26. The van der Waals surface area contributed by atoms with Crippen molar-refractivity contribution in [3.05, 3.63) is 59.7 Å². The van der Waals surface area contributed by atoms with Gasteiger partial charge in [0.05, 0.1) is 0 Å². The van der Waals surface area contributed by atoms with Crippen molar-refractivity contribution in [3.63, 3.8) is 0 Å². The number of nitrogens with two attached hydrogens (primary N) is 1. The first-order valence-corrected chi connectivity index (χ1v) is 7.03. The van der Waals surface area contributed by atoms with Crippen LogP contribution in [0.3, 0.4) is 0 Å². The molecule has 0 aromatic heterocycles. The van der Waals surface area contributed by atoms with E-state index in [9.17, 15) is 4.79 Å². The highest BCUT2D eigenvalue weighted by molar-refractivity contribution is 6.05. The summed E-state index contributed by atoms with van der Waals surface area (Å²) in [5.41, 5.74) is 9.17. The van der Waals surface area contributed by atoms with E-state index in [-0.39, 0.29) is 11.3 Å². The van der Waals surface area contributed by atoms with E-state index >= 15 is 0 Å². The minimum Gasteiger partial charge on any atom is -0.399 e. The Hall–Kier alpha value is -2.29. The summed E-state index contributed by atoms with van der Waals surface area (Å²) in [6.45, 7) is 6.47. The third-order valence-corrected chi connectivity index (χ3v) is 3.58. The van der Waals surface area contributed by atoms with E-state index in [0.717, 1.165) is 5.69 Å². The van der Waals surface area contributed by atoms with Gasteiger partial charge in [0.25, 0.3) is 5.91 Å². The lowest BCUT2D eigenvalue weighted by Gasteiger charge is -2.21. The van der Waals surface area contributed by atoms with Crippen LogP contribution < -0.4 is 10.6 Å². The van der Waals surface area contributed by atoms with Crippen LogP contribution in [-0.4, -0.2) is 13.0 Å². The van der Waals surface area contributed by atoms with Crippen molar-refractivity contribution in [1.82, 2.24) is 0 Å².